The van der Waals surface area contributed by atoms with Crippen LogP contribution in [0.4, 0.5) is 5.69 Å². The molecule has 1 aromatic rings. The summed E-state index contributed by atoms with van der Waals surface area (Å²) in [7, 11) is 0. The summed E-state index contributed by atoms with van der Waals surface area (Å²) < 4.78 is 11.8. The van der Waals surface area contributed by atoms with E-state index in [-0.39, 0.29) is 11.8 Å². The summed E-state index contributed by atoms with van der Waals surface area (Å²) in [6.07, 6.45) is -0.0728. The van der Waals surface area contributed by atoms with Gasteiger partial charge in [0.1, 0.15) is 12.7 Å². The number of nitrogens with zero attached hydrogens (tertiary/aromatic N) is 1. The Morgan fingerprint density at radius 1 is 1.63 bits per heavy atom. The lowest BCUT2D eigenvalue weighted by atomic mass is 10.2. The van der Waals surface area contributed by atoms with Crippen LogP contribution in [0.2, 0.25) is 0 Å². The molecule has 7 heteroatoms. The molecule has 0 aromatic heterocycles. The van der Waals surface area contributed by atoms with Crippen molar-refractivity contribution in [1.29, 1.82) is 0 Å². The van der Waals surface area contributed by atoms with E-state index in [0.717, 1.165) is 12.1 Å². The maximum absolute atomic E-state index is 11.0. The molecule has 0 saturated carbocycles. The van der Waals surface area contributed by atoms with Crippen LogP contribution in [-0.4, -0.2) is 37.3 Å². The van der Waals surface area contributed by atoms with Crippen molar-refractivity contribution < 1.29 is 14.4 Å². The fraction of sp³-hybridized carbons (Fsp3) is 0.500. The number of nitro groups is 1. The minimum absolute atomic E-state index is 0.0318. The van der Waals surface area contributed by atoms with Gasteiger partial charge >= 0.3 is 5.69 Å². The maximum Gasteiger partial charge on any atom is 0.312 e. The van der Waals surface area contributed by atoms with Gasteiger partial charge in [0.15, 0.2) is 5.75 Å². The van der Waals surface area contributed by atoms with Crippen molar-refractivity contribution in [1.82, 2.24) is 5.32 Å². The molecule has 104 valence electrons. The summed E-state index contributed by atoms with van der Waals surface area (Å²) in [5.41, 5.74) is 0.695. The second-order valence-electron chi connectivity index (χ2n) is 4.34. The molecule has 1 saturated heterocycles. The van der Waals surface area contributed by atoms with Crippen LogP contribution in [0.15, 0.2) is 16.6 Å². The Hall–Kier alpha value is -1.18. The molecule has 1 unspecified atom stereocenters. The average Bonchev–Trinajstić information content (AvgIpc) is 2.38. The fourth-order valence-corrected chi connectivity index (χ4v) is 2.50. The Labute approximate surface area is 119 Å². The molecular weight excluding hydrogens is 316 g/mol. The summed E-state index contributed by atoms with van der Waals surface area (Å²) in [6.45, 7) is 4.25. The molecule has 0 amide bonds. The van der Waals surface area contributed by atoms with Crippen molar-refractivity contribution in [2.45, 2.75) is 13.0 Å². The number of ether oxygens (including phenoxy) is 2. The third-order valence-electron chi connectivity index (χ3n) is 2.83. The number of halogens is 1. The molecule has 19 heavy (non-hydrogen) atoms. The molecule has 1 atom stereocenters. The van der Waals surface area contributed by atoms with Crippen molar-refractivity contribution in [3.63, 3.8) is 0 Å². The highest BCUT2D eigenvalue weighted by molar-refractivity contribution is 9.10. The van der Waals surface area contributed by atoms with Crippen LogP contribution < -0.4 is 10.1 Å². The second kappa shape index (κ2) is 6.31. The van der Waals surface area contributed by atoms with Gasteiger partial charge in [-0.25, -0.2) is 0 Å². The molecule has 1 aliphatic heterocycles. The Bertz CT molecular complexity index is 475. The normalized spacial score (nSPS) is 19.2. The van der Waals surface area contributed by atoms with Crippen LogP contribution in [-0.2, 0) is 4.74 Å². The molecule has 0 bridgehead atoms. The van der Waals surface area contributed by atoms with E-state index in [4.69, 9.17) is 9.47 Å². The largest absolute Gasteiger partial charge is 0.484 e. The highest BCUT2D eigenvalue weighted by atomic mass is 79.9. The van der Waals surface area contributed by atoms with E-state index in [0.29, 0.717) is 30.0 Å². The first-order valence-corrected chi connectivity index (χ1v) is 6.77. The molecule has 0 aliphatic carbocycles. The number of hydrogen-bond donors (Lipinski definition) is 1. The number of aryl methyl sites for hydroxylation is 1. The lowest BCUT2D eigenvalue weighted by molar-refractivity contribution is -0.386. The van der Waals surface area contributed by atoms with E-state index in [1.54, 1.807) is 13.0 Å². The lowest BCUT2D eigenvalue weighted by Crippen LogP contribution is -2.41. The van der Waals surface area contributed by atoms with Crippen molar-refractivity contribution >= 4 is 21.6 Å². The van der Waals surface area contributed by atoms with E-state index in [9.17, 15) is 10.1 Å². The van der Waals surface area contributed by atoms with Gasteiger partial charge in [0.05, 0.1) is 11.5 Å². The lowest BCUT2D eigenvalue weighted by Gasteiger charge is -2.23. The van der Waals surface area contributed by atoms with Crippen LogP contribution in [0.25, 0.3) is 0 Å². The van der Waals surface area contributed by atoms with Gasteiger partial charge in [-0.15, -0.1) is 0 Å². The van der Waals surface area contributed by atoms with E-state index in [1.165, 1.54) is 6.07 Å². The molecule has 2 rings (SSSR count). The summed E-state index contributed by atoms with van der Waals surface area (Å²) in [5, 5.41) is 14.2. The molecule has 1 fully saturated rings. The van der Waals surface area contributed by atoms with Gasteiger partial charge in [-0.3, -0.25) is 10.1 Å². The quantitative estimate of drug-likeness (QED) is 0.675. The Morgan fingerprint density at radius 2 is 2.42 bits per heavy atom. The van der Waals surface area contributed by atoms with E-state index in [1.807, 2.05) is 0 Å². The zero-order chi connectivity index (χ0) is 13.8. The van der Waals surface area contributed by atoms with Gasteiger partial charge in [0, 0.05) is 23.6 Å². The number of nitro benzene ring substituents is 1. The SMILES string of the molecule is Cc1cc(Br)cc([N+](=O)[O-])c1OCC1CNCCO1. The third-order valence-corrected chi connectivity index (χ3v) is 3.29. The van der Waals surface area contributed by atoms with Crippen LogP contribution >= 0.6 is 15.9 Å². The van der Waals surface area contributed by atoms with Crippen LogP contribution in [0.1, 0.15) is 5.56 Å². The molecular formula is C12H15BrN2O4. The van der Waals surface area contributed by atoms with Gasteiger partial charge in [-0.1, -0.05) is 15.9 Å². The molecule has 1 N–H and O–H groups in total. The predicted octanol–water partition coefficient (Wildman–Crippen LogP) is 2.03. The highest BCUT2D eigenvalue weighted by Crippen LogP contribution is 2.34. The first-order chi connectivity index (χ1) is 9.08. The molecule has 1 aliphatic rings. The monoisotopic (exact) mass is 330 g/mol. The smallest absolute Gasteiger partial charge is 0.312 e. The predicted molar refractivity (Wildman–Crippen MR) is 73.6 cm³/mol. The van der Waals surface area contributed by atoms with Crippen LogP contribution in [0.5, 0.6) is 5.75 Å². The van der Waals surface area contributed by atoms with Gasteiger partial charge in [0.2, 0.25) is 0 Å². The fourth-order valence-electron chi connectivity index (χ4n) is 1.94. The minimum Gasteiger partial charge on any atom is -0.484 e. The second-order valence-corrected chi connectivity index (χ2v) is 5.25. The zero-order valence-corrected chi connectivity index (χ0v) is 12.1. The number of hydrogen-bond acceptors (Lipinski definition) is 5. The highest BCUT2D eigenvalue weighted by Gasteiger charge is 2.21. The van der Waals surface area contributed by atoms with Crippen LogP contribution in [0.3, 0.4) is 0 Å². The molecule has 0 spiro atoms. The molecule has 1 heterocycles. The van der Waals surface area contributed by atoms with Crippen molar-refractivity contribution in [3.05, 3.63) is 32.3 Å². The minimum atomic E-state index is -0.437. The van der Waals surface area contributed by atoms with Crippen LogP contribution in [0, 0.1) is 17.0 Å². The van der Waals surface area contributed by atoms with Gasteiger partial charge in [-0.2, -0.15) is 0 Å². The number of nitrogens with one attached hydrogen (secondary N) is 1. The van der Waals surface area contributed by atoms with Crippen molar-refractivity contribution in [2.24, 2.45) is 0 Å². The summed E-state index contributed by atoms with van der Waals surface area (Å²) in [6, 6.07) is 3.24. The van der Waals surface area contributed by atoms with Gasteiger partial charge < -0.3 is 14.8 Å². The zero-order valence-electron chi connectivity index (χ0n) is 10.5. The summed E-state index contributed by atoms with van der Waals surface area (Å²) >= 11 is 3.25. The number of rotatable bonds is 4. The number of benzene rings is 1. The van der Waals surface area contributed by atoms with Gasteiger partial charge in [-0.05, 0) is 18.6 Å². The first kappa shape index (κ1) is 14.2. The topological polar surface area (TPSA) is 73.6 Å². The maximum atomic E-state index is 11.0. The Balaban J connectivity index is 2.12. The summed E-state index contributed by atoms with van der Waals surface area (Å²) in [4.78, 5) is 10.6. The Kier molecular flexibility index (Phi) is 4.73. The number of morpholine rings is 1. The average molecular weight is 331 g/mol. The first-order valence-electron chi connectivity index (χ1n) is 5.97. The molecule has 6 nitrogen and oxygen atoms in total. The third kappa shape index (κ3) is 3.65. The Morgan fingerprint density at radius 3 is 3.05 bits per heavy atom. The van der Waals surface area contributed by atoms with E-state index in [2.05, 4.69) is 21.2 Å². The van der Waals surface area contributed by atoms with E-state index >= 15 is 0 Å². The molecule has 0 radical (unpaired) electrons. The van der Waals surface area contributed by atoms with Crippen molar-refractivity contribution in [3.8, 4) is 5.75 Å². The standard InChI is InChI=1S/C12H15BrN2O4/c1-8-4-9(13)5-11(15(16)17)12(8)19-7-10-6-14-2-3-18-10/h4-5,10,14H,2-3,6-7H2,1H3. The van der Waals surface area contributed by atoms with E-state index < -0.39 is 4.92 Å². The van der Waals surface area contributed by atoms with Crippen molar-refractivity contribution in [2.75, 3.05) is 26.3 Å². The molecule has 1 aromatic carbocycles. The summed E-state index contributed by atoms with van der Waals surface area (Å²) in [5.74, 6) is 0.308. The van der Waals surface area contributed by atoms with Gasteiger partial charge in [0.25, 0.3) is 0 Å².